The minimum atomic E-state index is -0.463. The van der Waals surface area contributed by atoms with Crippen LogP contribution in [0.2, 0.25) is 0 Å². The monoisotopic (exact) mass is 286 g/mol. The zero-order chi connectivity index (χ0) is 14.7. The van der Waals surface area contributed by atoms with Crippen LogP contribution in [0.5, 0.6) is 0 Å². The van der Waals surface area contributed by atoms with Crippen molar-refractivity contribution in [3.63, 3.8) is 0 Å². The van der Waals surface area contributed by atoms with Gasteiger partial charge in [-0.2, -0.15) is 0 Å². The van der Waals surface area contributed by atoms with Gasteiger partial charge < -0.3 is 14.5 Å². The molecule has 6 heteroatoms. The van der Waals surface area contributed by atoms with E-state index in [0.717, 1.165) is 11.3 Å². The van der Waals surface area contributed by atoms with E-state index in [1.165, 1.54) is 18.6 Å². The molecule has 21 heavy (non-hydrogen) atoms. The van der Waals surface area contributed by atoms with Gasteiger partial charge in [-0.15, -0.1) is 0 Å². The second-order valence-corrected chi connectivity index (χ2v) is 4.59. The first-order valence-corrected chi connectivity index (χ1v) is 6.58. The molecule has 0 unspecified atom stereocenters. The van der Waals surface area contributed by atoms with E-state index in [1.807, 2.05) is 24.3 Å². The summed E-state index contributed by atoms with van der Waals surface area (Å²) in [6, 6.07) is 8.99. The van der Waals surface area contributed by atoms with Gasteiger partial charge in [0.05, 0.1) is 24.1 Å². The molecule has 2 amide bonds. The number of urea groups is 1. The number of para-hydroxylation sites is 1. The van der Waals surface area contributed by atoms with Crippen molar-refractivity contribution in [1.82, 2.24) is 5.32 Å². The summed E-state index contributed by atoms with van der Waals surface area (Å²) < 4.78 is 9.95. The number of ether oxygens (including phenoxy) is 1. The molecule has 0 saturated heterocycles. The molecule has 0 aliphatic carbocycles. The fourth-order valence-corrected chi connectivity index (χ4v) is 2.21. The minimum Gasteiger partial charge on any atom is -0.472 e. The number of rotatable bonds is 4. The van der Waals surface area contributed by atoms with E-state index in [0.29, 0.717) is 18.7 Å². The van der Waals surface area contributed by atoms with Gasteiger partial charge in [-0.3, -0.25) is 4.90 Å². The predicted molar refractivity (Wildman–Crippen MR) is 75.0 cm³/mol. The first-order valence-electron chi connectivity index (χ1n) is 6.58. The number of carbonyl (C=O) groups is 2. The number of nitrogens with one attached hydrogen (secondary N) is 1. The lowest BCUT2D eigenvalue weighted by atomic mass is 10.1. The Hall–Kier alpha value is -2.76. The maximum atomic E-state index is 11.9. The first kappa shape index (κ1) is 13.2. The van der Waals surface area contributed by atoms with Crippen molar-refractivity contribution in [2.45, 2.75) is 6.54 Å². The summed E-state index contributed by atoms with van der Waals surface area (Å²) in [4.78, 5) is 25.2. The van der Waals surface area contributed by atoms with Gasteiger partial charge in [-0.25, -0.2) is 9.59 Å². The van der Waals surface area contributed by atoms with Crippen molar-refractivity contribution in [2.75, 3.05) is 18.1 Å². The Labute approximate surface area is 121 Å². The Balaban J connectivity index is 1.63. The maximum Gasteiger partial charge on any atom is 0.341 e. The Bertz CT molecular complexity index is 651. The standard InChI is InChI=1S/C15H14N2O4/c18-14(12-5-7-20-10-12)21-8-6-17-13-4-2-1-3-11(13)9-16-15(17)19/h1-5,7,10H,6,8-9H2,(H,16,19). The lowest BCUT2D eigenvalue weighted by Gasteiger charge is -2.29. The third-order valence-electron chi connectivity index (χ3n) is 3.26. The summed E-state index contributed by atoms with van der Waals surface area (Å²) in [5.41, 5.74) is 2.25. The lowest BCUT2D eigenvalue weighted by Crippen LogP contribution is -2.45. The van der Waals surface area contributed by atoms with Crippen LogP contribution in [0.1, 0.15) is 15.9 Å². The highest BCUT2D eigenvalue weighted by Gasteiger charge is 2.23. The molecule has 0 bridgehead atoms. The molecule has 1 N–H and O–H groups in total. The van der Waals surface area contributed by atoms with Gasteiger partial charge in [0, 0.05) is 6.54 Å². The van der Waals surface area contributed by atoms with Crippen LogP contribution in [-0.2, 0) is 11.3 Å². The van der Waals surface area contributed by atoms with Crippen LogP contribution in [-0.4, -0.2) is 25.2 Å². The van der Waals surface area contributed by atoms with E-state index in [-0.39, 0.29) is 12.6 Å². The molecule has 1 aliphatic rings. The summed E-state index contributed by atoms with van der Waals surface area (Å²) in [7, 11) is 0. The molecule has 0 radical (unpaired) electrons. The second kappa shape index (κ2) is 5.70. The van der Waals surface area contributed by atoms with Gasteiger partial charge in [0.2, 0.25) is 0 Å². The number of furan rings is 1. The normalized spacial score (nSPS) is 13.5. The zero-order valence-electron chi connectivity index (χ0n) is 11.2. The Morgan fingerprint density at radius 2 is 2.19 bits per heavy atom. The number of fused-ring (bicyclic) bond motifs is 1. The number of hydrogen-bond acceptors (Lipinski definition) is 4. The summed E-state index contributed by atoms with van der Waals surface area (Å²) in [6.07, 6.45) is 2.73. The minimum absolute atomic E-state index is 0.117. The van der Waals surface area contributed by atoms with E-state index in [2.05, 4.69) is 5.32 Å². The lowest BCUT2D eigenvalue weighted by molar-refractivity contribution is 0.0515. The highest BCUT2D eigenvalue weighted by molar-refractivity contribution is 5.95. The molecule has 0 atom stereocenters. The highest BCUT2D eigenvalue weighted by Crippen LogP contribution is 2.23. The van der Waals surface area contributed by atoms with Crippen LogP contribution < -0.4 is 10.2 Å². The van der Waals surface area contributed by atoms with Gasteiger partial charge >= 0.3 is 12.0 Å². The van der Waals surface area contributed by atoms with E-state index in [4.69, 9.17) is 9.15 Å². The zero-order valence-corrected chi connectivity index (χ0v) is 11.2. The predicted octanol–water partition coefficient (Wildman–Crippen LogP) is 2.17. The van der Waals surface area contributed by atoms with E-state index in [1.54, 1.807) is 4.90 Å². The number of amides is 2. The molecular formula is C15H14N2O4. The maximum absolute atomic E-state index is 11.9. The third kappa shape index (κ3) is 2.74. The van der Waals surface area contributed by atoms with Crippen LogP contribution in [0.3, 0.4) is 0 Å². The number of anilines is 1. The van der Waals surface area contributed by atoms with Gasteiger partial charge in [-0.1, -0.05) is 18.2 Å². The fraction of sp³-hybridized carbons (Fsp3) is 0.200. The Morgan fingerprint density at radius 1 is 1.33 bits per heavy atom. The molecule has 0 fully saturated rings. The summed E-state index contributed by atoms with van der Waals surface area (Å²) >= 11 is 0. The first-order chi connectivity index (χ1) is 10.3. The molecule has 2 aromatic rings. The van der Waals surface area contributed by atoms with Crippen molar-refractivity contribution in [3.8, 4) is 0 Å². The Kier molecular flexibility index (Phi) is 3.59. The van der Waals surface area contributed by atoms with Crippen LogP contribution >= 0.6 is 0 Å². The summed E-state index contributed by atoms with van der Waals surface area (Å²) in [5, 5.41) is 2.79. The molecule has 6 nitrogen and oxygen atoms in total. The highest BCUT2D eigenvalue weighted by atomic mass is 16.5. The Morgan fingerprint density at radius 3 is 3.00 bits per heavy atom. The average molecular weight is 286 g/mol. The van der Waals surface area contributed by atoms with E-state index in [9.17, 15) is 9.59 Å². The number of hydrogen-bond donors (Lipinski definition) is 1. The molecule has 108 valence electrons. The van der Waals surface area contributed by atoms with Crippen LogP contribution in [0.4, 0.5) is 10.5 Å². The van der Waals surface area contributed by atoms with Crippen molar-refractivity contribution < 1.29 is 18.7 Å². The molecule has 1 aliphatic heterocycles. The van der Waals surface area contributed by atoms with Crippen molar-refractivity contribution in [2.24, 2.45) is 0 Å². The van der Waals surface area contributed by atoms with Crippen molar-refractivity contribution in [3.05, 3.63) is 54.0 Å². The quantitative estimate of drug-likeness (QED) is 0.874. The van der Waals surface area contributed by atoms with Crippen molar-refractivity contribution in [1.29, 1.82) is 0 Å². The molecule has 0 spiro atoms. The average Bonchev–Trinajstić information content (AvgIpc) is 3.04. The fourth-order valence-electron chi connectivity index (χ4n) is 2.21. The molecular weight excluding hydrogens is 272 g/mol. The number of nitrogens with zero attached hydrogens (tertiary/aromatic N) is 1. The second-order valence-electron chi connectivity index (χ2n) is 4.59. The molecule has 1 aromatic carbocycles. The van der Waals surface area contributed by atoms with Gasteiger partial charge in [-0.05, 0) is 17.7 Å². The molecule has 2 heterocycles. The van der Waals surface area contributed by atoms with Crippen LogP contribution in [0, 0.1) is 0 Å². The molecule has 1 aromatic heterocycles. The van der Waals surface area contributed by atoms with Crippen LogP contribution in [0.15, 0.2) is 47.3 Å². The van der Waals surface area contributed by atoms with Crippen molar-refractivity contribution >= 4 is 17.7 Å². The topological polar surface area (TPSA) is 71.8 Å². The number of benzene rings is 1. The van der Waals surface area contributed by atoms with Gasteiger partial charge in [0.15, 0.2) is 0 Å². The van der Waals surface area contributed by atoms with Gasteiger partial charge in [0.25, 0.3) is 0 Å². The largest absolute Gasteiger partial charge is 0.472 e. The third-order valence-corrected chi connectivity index (χ3v) is 3.26. The van der Waals surface area contributed by atoms with Crippen LogP contribution in [0.25, 0.3) is 0 Å². The summed E-state index contributed by atoms with van der Waals surface area (Å²) in [6.45, 7) is 0.929. The number of esters is 1. The summed E-state index contributed by atoms with van der Waals surface area (Å²) in [5.74, 6) is -0.463. The number of carbonyl (C=O) groups excluding carboxylic acids is 2. The molecule has 3 rings (SSSR count). The molecule has 0 saturated carbocycles. The van der Waals surface area contributed by atoms with E-state index < -0.39 is 5.97 Å². The van der Waals surface area contributed by atoms with E-state index >= 15 is 0 Å². The SMILES string of the molecule is O=C(OCCN1C(=O)NCc2ccccc21)c1ccoc1. The van der Waals surface area contributed by atoms with Gasteiger partial charge in [0.1, 0.15) is 12.9 Å². The smallest absolute Gasteiger partial charge is 0.341 e.